The molecule has 3 rings (SSSR count). The first-order chi connectivity index (χ1) is 19.3. The van der Waals surface area contributed by atoms with Gasteiger partial charge in [0.05, 0.1) is 75.8 Å². The third-order valence-corrected chi connectivity index (χ3v) is 6.46. The van der Waals surface area contributed by atoms with E-state index in [1.807, 2.05) is 30.3 Å². The largest absolute Gasteiger partial charge is 0.495 e. The molecule has 3 aromatic rings. The van der Waals surface area contributed by atoms with Crippen molar-refractivity contribution in [1.82, 2.24) is 0 Å². The van der Waals surface area contributed by atoms with E-state index in [0.29, 0.717) is 61.8 Å². The van der Waals surface area contributed by atoms with Crippen molar-refractivity contribution in [2.45, 2.75) is 16.4 Å². The fourth-order valence-electron chi connectivity index (χ4n) is 3.08. The van der Waals surface area contributed by atoms with E-state index < -0.39 is 9.85 Å². The lowest BCUT2D eigenvalue weighted by Crippen LogP contribution is -2.10. The van der Waals surface area contributed by atoms with Crippen molar-refractivity contribution < 1.29 is 33.5 Å². The smallest absolute Gasteiger partial charge is 0.273 e. The molecule has 0 saturated heterocycles. The number of hydrogen-bond acceptors (Lipinski definition) is 11. The maximum Gasteiger partial charge on any atom is 0.273 e. The van der Waals surface area contributed by atoms with Gasteiger partial charge in [0.1, 0.15) is 11.5 Å². The van der Waals surface area contributed by atoms with Crippen LogP contribution in [0.3, 0.4) is 0 Å². The Balaban J connectivity index is 0.000000389. The highest BCUT2D eigenvalue weighted by atomic mass is 32.2. The number of nitro benzene ring substituents is 2. The summed E-state index contributed by atoms with van der Waals surface area (Å²) in [7, 11) is 2.94. The molecule has 0 aliphatic rings. The molecule has 13 heteroatoms. The van der Waals surface area contributed by atoms with Crippen molar-refractivity contribution in [2.75, 3.05) is 53.0 Å². The van der Waals surface area contributed by atoms with Gasteiger partial charge in [0.15, 0.2) is 0 Å². The zero-order chi connectivity index (χ0) is 29.2. The van der Waals surface area contributed by atoms with Crippen LogP contribution in [0.15, 0.2) is 76.5 Å². The molecule has 0 atom stereocenters. The van der Waals surface area contributed by atoms with E-state index in [1.54, 1.807) is 6.07 Å². The molecule has 0 radical (unpaired) electrons. The van der Waals surface area contributed by atoms with Gasteiger partial charge >= 0.3 is 0 Å². The molecule has 0 aliphatic carbocycles. The van der Waals surface area contributed by atoms with E-state index >= 15 is 0 Å². The number of methoxy groups -OCH3 is 2. The number of rotatable bonds is 16. The Labute approximate surface area is 242 Å². The van der Waals surface area contributed by atoms with Crippen LogP contribution in [0, 0.1) is 20.2 Å². The van der Waals surface area contributed by atoms with Crippen LogP contribution < -0.4 is 9.47 Å². The highest BCUT2D eigenvalue weighted by Gasteiger charge is 2.11. The Morgan fingerprint density at radius 1 is 0.725 bits per heavy atom. The fourth-order valence-corrected chi connectivity index (χ4v) is 4.18. The standard InChI is InChI=1S/C20H25NO6S.C7H7NO3S/c1-24-19-15-18(21(22)23)7-8-20(19)28-14-13-26-10-9-25-11-12-27-16-17-5-3-2-4-6-17;1-11-6-4-5(8(9)10)2-3-7(6)12/h2-8,15H,9-14,16H2,1H3;2-4,12H,1H3. The summed E-state index contributed by atoms with van der Waals surface area (Å²) in [5.41, 5.74) is 1.17. The summed E-state index contributed by atoms with van der Waals surface area (Å²) in [4.78, 5) is 21.6. The highest BCUT2D eigenvalue weighted by Crippen LogP contribution is 2.32. The summed E-state index contributed by atoms with van der Waals surface area (Å²) in [5.74, 6) is 1.62. The van der Waals surface area contributed by atoms with Crippen molar-refractivity contribution >= 4 is 35.8 Å². The Morgan fingerprint density at radius 3 is 1.88 bits per heavy atom. The van der Waals surface area contributed by atoms with Gasteiger partial charge in [0.25, 0.3) is 11.4 Å². The lowest BCUT2D eigenvalue weighted by atomic mass is 10.2. The predicted molar refractivity (Wildman–Crippen MR) is 155 cm³/mol. The van der Waals surface area contributed by atoms with Gasteiger partial charge in [0, 0.05) is 27.7 Å². The molecule has 216 valence electrons. The average molecular weight is 593 g/mol. The van der Waals surface area contributed by atoms with Crippen molar-refractivity contribution in [1.29, 1.82) is 0 Å². The van der Waals surface area contributed by atoms with E-state index in [9.17, 15) is 20.2 Å². The van der Waals surface area contributed by atoms with Gasteiger partial charge in [-0.05, 0) is 17.7 Å². The van der Waals surface area contributed by atoms with Crippen LogP contribution in [0.1, 0.15) is 5.56 Å². The topological polar surface area (TPSA) is 132 Å². The number of thioether (sulfide) groups is 1. The third kappa shape index (κ3) is 12.2. The van der Waals surface area contributed by atoms with E-state index in [1.165, 1.54) is 56.3 Å². The summed E-state index contributed by atoms with van der Waals surface area (Å²) < 4.78 is 26.6. The second-order valence-electron chi connectivity index (χ2n) is 7.82. The first-order valence-electron chi connectivity index (χ1n) is 12.1. The first-order valence-corrected chi connectivity index (χ1v) is 13.5. The van der Waals surface area contributed by atoms with Crippen LogP contribution in [0.25, 0.3) is 0 Å². The molecule has 11 nitrogen and oxygen atoms in total. The summed E-state index contributed by atoms with van der Waals surface area (Å²) >= 11 is 5.58. The molecule has 0 saturated carbocycles. The van der Waals surface area contributed by atoms with Gasteiger partial charge in [0.2, 0.25) is 0 Å². The van der Waals surface area contributed by atoms with Crippen LogP contribution in [0.5, 0.6) is 11.5 Å². The predicted octanol–water partition coefficient (Wildman–Crippen LogP) is 5.84. The quantitative estimate of drug-likeness (QED) is 0.0711. The molecule has 0 aromatic heterocycles. The Kier molecular flexibility index (Phi) is 15.5. The van der Waals surface area contributed by atoms with E-state index in [-0.39, 0.29) is 11.4 Å². The average Bonchev–Trinajstić information content (AvgIpc) is 2.96. The van der Waals surface area contributed by atoms with Gasteiger partial charge < -0.3 is 23.7 Å². The number of non-ortho nitro benzene ring substituents is 2. The lowest BCUT2D eigenvalue weighted by Gasteiger charge is -2.09. The molecule has 3 aromatic carbocycles. The van der Waals surface area contributed by atoms with Crippen molar-refractivity contribution in [3.05, 3.63) is 92.5 Å². The maximum atomic E-state index is 10.8. The van der Waals surface area contributed by atoms with E-state index in [4.69, 9.17) is 23.7 Å². The number of thiol groups is 1. The molecule has 0 heterocycles. The monoisotopic (exact) mass is 592 g/mol. The second-order valence-corrected chi connectivity index (χ2v) is 9.44. The molecule has 0 aliphatic heterocycles. The normalized spacial score (nSPS) is 10.4. The molecule has 0 bridgehead atoms. The van der Waals surface area contributed by atoms with Gasteiger partial charge in [-0.3, -0.25) is 20.2 Å². The molecule has 0 amide bonds. The Bertz CT molecular complexity index is 1200. The number of benzene rings is 3. The van der Waals surface area contributed by atoms with Gasteiger partial charge in [-0.1, -0.05) is 30.3 Å². The summed E-state index contributed by atoms with van der Waals surface area (Å²) in [6, 6.07) is 18.8. The number of ether oxygens (including phenoxy) is 5. The molecule has 0 unspecified atom stereocenters. The van der Waals surface area contributed by atoms with Crippen molar-refractivity contribution in [2.24, 2.45) is 0 Å². The van der Waals surface area contributed by atoms with Crippen LogP contribution in [0.4, 0.5) is 11.4 Å². The number of nitro groups is 2. The maximum absolute atomic E-state index is 10.8. The Morgan fingerprint density at radius 2 is 1.27 bits per heavy atom. The number of nitrogens with zero attached hydrogens (tertiary/aromatic N) is 2. The summed E-state index contributed by atoms with van der Waals surface area (Å²) in [6.07, 6.45) is 0. The zero-order valence-electron chi connectivity index (χ0n) is 22.2. The van der Waals surface area contributed by atoms with Crippen molar-refractivity contribution in [3.8, 4) is 11.5 Å². The molecular formula is C27H32N2O9S2. The lowest BCUT2D eigenvalue weighted by molar-refractivity contribution is -0.385. The minimum Gasteiger partial charge on any atom is -0.495 e. The summed E-state index contributed by atoms with van der Waals surface area (Å²) in [5, 5.41) is 21.1. The van der Waals surface area contributed by atoms with E-state index in [2.05, 4.69) is 12.6 Å². The molecule has 0 N–H and O–H groups in total. The summed E-state index contributed by atoms with van der Waals surface area (Å²) in [6.45, 7) is 3.25. The van der Waals surface area contributed by atoms with E-state index in [0.717, 1.165) is 10.5 Å². The van der Waals surface area contributed by atoms with Crippen LogP contribution in [-0.4, -0.2) is 62.9 Å². The zero-order valence-corrected chi connectivity index (χ0v) is 23.9. The van der Waals surface area contributed by atoms with Crippen LogP contribution in [0.2, 0.25) is 0 Å². The van der Waals surface area contributed by atoms with Gasteiger partial charge in [-0.15, -0.1) is 24.4 Å². The molecular weight excluding hydrogens is 560 g/mol. The second kappa shape index (κ2) is 18.8. The molecule has 40 heavy (non-hydrogen) atoms. The highest BCUT2D eigenvalue weighted by molar-refractivity contribution is 7.99. The first kappa shape index (κ1) is 32.8. The van der Waals surface area contributed by atoms with Crippen LogP contribution in [-0.2, 0) is 20.8 Å². The van der Waals surface area contributed by atoms with Gasteiger partial charge in [-0.2, -0.15) is 0 Å². The molecule has 0 spiro atoms. The Hall–Kier alpha value is -3.36. The SMILES string of the molecule is COc1cc([N+](=O)[O-])ccc1S.COc1cc([N+](=O)[O-])ccc1SCCOCCOCCOCc1ccccc1. The van der Waals surface area contributed by atoms with Crippen LogP contribution >= 0.6 is 24.4 Å². The third-order valence-electron chi connectivity index (χ3n) is 5.07. The fraction of sp³-hybridized carbons (Fsp3) is 0.333. The molecule has 0 fully saturated rings. The number of hydrogen-bond donors (Lipinski definition) is 1. The minimum atomic E-state index is -0.476. The van der Waals surface area contributed by atoms with Gasteiger partial charge in [-0.25, -0.2) is 0 Å². The minimum absolute atomic E-state index is 0.00431. The van der Waals surface area contributed by atoms with Crippen molar-refractivity contribution in [3.63, 3.8) is 0 Å².